The fourth-order valence-electron chi connectivity index (χ4n) is 10.6. The van der Waals surface area contributed by atoms with Gasteiger partial charge in [-0.2, -0.15) is 22.0 Å². The number of carbonyl (C=O) groups excluding carboxylic acids is 2. The zero-order valence-electron chi connectivity index (χ0n) is 36.1. The number of aliphatic hydroxyl groups excluding tert-OH is 1. The molecule has 0 radical (unpaired) electrons. The summed E-state index contributed by atoms with van der Waals surface area (Å²) in [6, 6.07) is 12.5. The molecule has 2 amide bonds. The van der Waals surface area contributed by atoms with Gasteiger partial charge in [0.15, 0.2) is 0 Å². The van der Waals surface area contributed by atoms with E-state index >= 15 is 0 Å². The Kier molecular flexibility index (Phi) is 17.3. The molecule has 9 atom stereocenters. The fourth-order valence-corrected chi connectivity index (χ4v) is 11.1. The van der Waals surface area contributed by atoms with Crippen molar-refractivity contribution in [2.45, 2.75) is 171 Å². The Morgan fingerprint density at radius 3 is 2.23 bits per heavy atom. The van der Waals surface area contributed by atoms with Crippen LogP contribution in [0.2, 0.25) is 0 Å². The molecule has 0 aromatic heterocycles. The number of halogens is 5. The minimum Gasteiger partial charge on any atom is -0.480 e. The lowest BCUT2D eigenvalue weighted by atomic mass is 9.52. The van der Waals surface area contributed by atoms with E-state index in [9.17, 15) is 50.8 Å². The first-order valence-corrected chi connectivity index (χ1v) is 23.2. The second-order valence-corrected chi connectivity index (χ2v) is 19.5. The number of unbranched alkanes of at least 4 members (excludes halogenated alkanes) is 6. The Labute approximate surface area is 366 Å². The van der Waals surface area contributed by atoms with Crippen LogP contribution >= 0.6 is 0 Å². The third-order valence-electron chi connectivity index (χ3n) is 14.1. The van der Waals surface area contributed by atoms with E-state index in [1.165, 1.54) is 5.56 Å². The van der Waals surface area contributed by atoms with E-state index in [4.69, 9.17) is 4.74 Å². The highest BCUT2D eigenvalue weighted by Gasteiger charge is 2.58. The van der Waals surface area contributed by atoms with Crippen molar-refractivity contribution >= 4 is 29.6 Å². The Morgan fingerprint density at radius 2 is 1.58 bits per heavy atom. The molecule has 15 heteroatoms. The normalized spacial score (nSPS) is 24.8. The zero-order chi connectivity index (χ0) is 45.2. The van der Waals surface area contributed by atoms with Crippen LogP contribution in [0, 0.1) is 29.1 Å². The monoisotopic (exact) mass is 895 g/mol. The van der Waals surface area contributed by atoms with Gasteiger partial charge in [-0.3, -0.25) is 4.79 Å². The fraction of sp³-hybridized carbons (Fsp3) is 0.681. The van der Waals surface area contributed by atoms with Gasteiger partial charge in [-0.15, -0.1) is 0 Å². The summed E-state index contributed by atoms with van der Waals surface area (Å²) in [5.74, 6) is -5.10. The quantitative estimate of drug-likeness (QED) is 0.0524. The Hall–Kier alpha value is -3.72. The molecule has 0 aliphatic heterocycles. The average molecular weight is 896 g/mol. The maximum absolute atomic E-state index is 13.3. The smallest absolute Gasteiger partial charge is 0.462 e. The first kappa shape index (κ1) is 49.3. The molecule has 2 aromatic carbocycles. The van der Waals surface area contributed by atoms with Gasteiger partial charge in [-0.05, 0) is 109 Å². The number of amides is 2. The molecular formula is C47H64F5N2O7S+. The number of carboxylic acids is 1. The van der Waals surface area contributed by atoms with Gasteiger partial charge < -0.3 is 25.6 Å². The van der Waals surface area contributed by atoms with Gasteiger partial charge in [-0.1, -0.05) is 95.7 Å². The highest BCUT2D eigenvalue weighted by atomic mass is 32.1. The number of hydrogen-bond donors (Lipinski definition) is 4. The Morgan fingerprint density at radius 1 is 0.903 bits per heavy atom. The van der Waals surface area contributed by atoms with E-state index in [-0.39, 0.29) is 35.5 Å². The number of carbonyl (C=O) groups is 3. The van der Waals surface area contributed by atoms with Crippen molar-refractivity contribution in [2.75, 3.05) is 0 Å². The molecule has 4 N–H and O–H groups in total. The first-order chi connectivity index (χ1) is 29.3. The highest BCUT2D eigenvalue weighted by Crippen LogP contribution is 2.63. The number of ether oxygens (including phenoxy) is 1. The van der Waals surface area contributed by atoms with Crippen molar-refractivity contribution in [3.05, 3.63) is 65.2 Å². The molecule has 2 fully saturated rings. The lowest BCUT2D eigenvalue weighted by Gasteiger charge is -2.53. The summed E-state index contributed by atoms with van der Waals surface area (Å²) in [5, 5.41) is 25.4. The Balaban J connectivity index is 1.15. The summed E-state index contributed by atoms with van der Waals surface area (Å²) in [6.45, 7) is 5.76. The van der Waals surface area contributed by atoms with Gasteiger partial charge in [0.1, 0.15) is 17.8 Å². The molecule has 0 saturated heterocycles. The number of carboxylic acid groups (broad SMARTS) is 1. The SMILES string of the molecule is CC(C)[C@H](NC(=O)Oc1ccc2c(c1)C[C@@H](CCCCCCCCCC(CCC(F)(F)C(F)(F)F)[S+]=O)[C@@H]1C2CC[C@]2(C)[C@@H](O)CC[C@@H]12)C(=O)N[C@@H](Cc1ccccc1)C(=O)O. The minimum absolute atomic E-state index is 0.0836. The predicted molar refractivity (Wildman–Crippen MR) is 227 cm³/mol. The van der Waals surface area contributed by atoms with Crippen LogP contribution in [0.1, 0.15) is 140 Å². The number of aliphatic carboxylic acids is 1. The van der Waals surface area contributed by atoms with Crippen molar-refractivity contribution in [2.24, 2.45) is 29.1 Å². The van der Waals surface area contributed by atoms with E-state index in [1.54, 1.807) is 44.2 Å². The lowest BCUT2D eigenvalue weighted by molar-refractivity contribution is -0.284. The molecule has 62 heavy (non-hydrogen) atoms. The van der Waals surface area contributed by atoms with Gasteiger partial charge in [0.25, 0.3) is 0 Å². The summed E-state index contributed by atoms with van der Waals surface area (Å²) >= 11 is 0.110. The van der Waals surface area contributed by atoms with Gasteiger partial charge >= 0.3 is 35.8 Å². The average Bonchev–Trinajstić information content (AvgIpc) is 3.52. The lowest BCUT2D eigenvalue weighted by Crippen LogP contribution is -2.54. The van der Waals surface area contributed by atoms with Gasteiger partial charge in [-0.25, -0.2) is 9.59 Å². The number of alkyl halides is 5. The third-order valence-corrected chi connectivity index (χ3v) is 14.8. The van der Waals surface area contributed by atoms with E-state index in [2.05, 4.69) is 23.6 Å². The predicted octanol–water partition coefficient (Wildman–Crippen LogP) is 10.3. The molecule has 2 unspecified atom stereocenters. The molecule has 344 valence electrons. The molecule has 0 heterocycles. The summed E-state index contributed by atoms with van der Waals surface area (Å²) < 4.78 is 81.3. The molecule has 0 bridgehead atoms. The standard InChI is InChI=1S/C47H63F5N2O7S/c1-29(2)41(42(56)53-38(43(57)58)26-30-14-10-9-11-15-30)54-44(59)61-33-18-19-35-32(28-33)27-31(40-36(35)23-24-45(3)37(40)20-21-39(45)55)16-12-7-5-4-6-8-13-17-34(62-60)22-25-46(48,49)47(50,51)52/h9-11,14-15,18-19,28-29,31,34,36-41,55H,4-8,12-13,16-17,20-27H2,1-3H3,(H2-,53,54,56,57,58,59)/p+1/t31-,34?,36?,37+,38+,39+,40-,41+,45+/m1/s1. The van der Waals surface area contributed by atoms with E-state index < -0.39 is 60.2 Å². The number of rotatable bonds is 22. The molecule has 2 aromatic rings. The van der Waals surface area contributed by atoms with Gasteiger partial charge in [0, 0.05) is 29.9 Å². The molecule has 2 saturated carbocycles. The summed E-state index contributed by atoms with van der Waals surface area (Å²) in [5.41, 5.74) is 3.01. The molecule has 3 aliphatic rings. The van der Waals surface area contributed by atoms with E-state index in [0.717, 1.165) is 88.2 Å². The van der Waals surface area contributed by atoms with Crippen molar-refractivity contribution in [3.8, 4) is 5.75 Å². The van der Waals surface area contributed by atoms with E-state index in [1.807, 2.05) is 12.1 Å². The first-order valence-electron chi connectivity index (χ1n) is 22.4. The number of hydrogen-bond acceptors (Lipinski definition) is 6. The maximum Gasteiger partial charge on any atom is 0.462 e. The van der Waals surface area contributed by atoms with Crippen molar-refractivity contribution < 1.29 is 55.5 Å². The van der Waals surface area contributed by atoms with Crippen molar-refractivity contribution in [3.63, 3.8) is 0 Å². The van der Waals surface area contributed by atoms with Crippen LogP contribution in [0.25, 0.3) is 0 Å². The summed E-state index contributed by atoms with van der Waals surface area (Å²) in [7, 11) is 0. The van der Waals surface area contributed by atoms with E-state index in [0.29, 0.717) is 42.3 Å². The van der Waals surface area contributed by atoms with Gasteiger partial charge in [0.2, 0.25) is 11.2 Å². The van der Waals surface area contributed by atoms with Crippen LogP contribution in [0.5, 0.6) is 5.75 Å². The molecule has 0 spiro atoms. The number of benzene rings is 2. The number of aliphatic hydroxyl groups is 1. The second-order valence-electron chi connectivity index (χ2n) is 18.6. The highest BCUT2D eigenvalue weighted by molar-refractivity contribution is 7.66. The van der Waals surface area contributed by atoms with Gasteiger partial charge in [0.05, 0.1) is 6.10 Å². The molecule has 9 nitrogen and oxygen atoms in total. The van der Waals surface area contributed by atoms with Crippen LogP contribution in [0.4, 0.5) is 26.7 Å². The van der Waals surface area contributed by atoms with Crippen LogP contribution < -0.4 is 15.4 Å². The number of nitrogens with one attached hydrogen (secondary N) is 2. The van der Waals surface area contributed by atoms with Crippen LogP contribution in [-0.4, -0.2) is 63.7 Å². The molecule has 3 aliphatic carbocycles. The van der Waals surface area contributed by atoms with Crippen LogP contribution in [0.15, 0.2) is 48.5 Å². The second kappa shape index (κ2) is 21.8. The number of fused-ring (bicyclic) bond motifs is 5. The minimum atomic E-state index is -5.61. The van der Waals surface area contributed by atoms with Crippen LogP contribution in [-0.2, 0) is 38.3 Å². The largest absolute Gasteiger partial charge is 0.480 e. The topological polar surface area (TPSA) is 142 Å². The Bertz CT molecular complexity index is 1820. The van der Waals surface area contributed by atoms with Crippen molar-refractivity contribution in [1.82, 2.24) is 10.6 Å². The summed E-state index contributed by atoms with van der Waals surface area (Å²) in [4.78, 5) is 38.7. The zero-order valence-corrected chi connectivity index (χ0v) is 36.9. The van der Waals surface area contributed by atoms with Crippen LogP contribution in [0.3, 0.4) is 0 Å². The maximum atomic E-state index is 13.3. The van der Waals surface area contributed by atoms with Crippen molar-refractivity contribution in [1.29, 1.82) is 0 Å². The third kappa shape index (κ3) is 12.5. The summed E-state index contributed by atoms with van der Waals surface area (Å²) in [6.07, 6.45) is 3.62. The molecule has 5 rings (SSSR count). The molecular weight excluding hydrogens is 832 g/mol.